The van der Waals surface area contributed by atoms with Crippen LogP contribution in [-0.2, 0) is 0 Å². The van der Waals surface area contributed by atoms with E-state index in [0.29, 0.717) is 0 Å². The molecule has 0 aliphatic rings. The van der Waals surface area contributed by atoms with Gasteiger partial charge in [0.2, 0.25) is 0 Å². The van der Waals surface area contributed by atoms with Crippen molar-refractivity contribution in [2.45, 2.75) is 27.7 Å². The highest BCUT2D eigenvalue weighted by molar-refractivity contribution is 5.74. The fourth-order valence-corrected chi connectivity index (χ4v) is 0.447. The van der Waals surface area contributed by atoms with E-state index in [0.717, 1.165) is 0 Å². The number of hydrogen-bond acceptors (Lipinski definition) is 0. The van der Waals surface area contributed by atoms with E-state index in [-0.39, 0.29) is 0 Å². The predicted molar refractivity (Wildman–Crippen MR) is 37.1 cm³/mol. The van der Waals surface area contributed by atoms with Crippen LogP contribution in [0.2, 0.25) is 0 Å². The summed E-state index contributed by atoms with van der Waals surface area (Å²) in [6, 6.07) is 1.34. The zero-order valence-corrected chi connectivity index (χ0v) is 6.45. The summed E-state index contributed by atoms with van der Waals surface area (Å²) in [5.41, 5.74) is 1.34. The maximum Gasteiger partial charge on any atom is 0.105 e. The molecule has 0 saturated carbocycles. The summed E-state index contributed by atoms with van der Waals surface area (Å²) < 4.78 is 2.17. The van der Waals surface area contributed by atoms with Crippen molar-refractivity contribution >= 4 is 5.71 Å². The Hall–Kier alpha value is -0.460. The molecule has 1 heteroatoms. The lowest BCUT2D eigenvalue weighted by Crippen LogP contribution is -2.13. The monoisotopic (exact) mass is 113 g/mol. The Kier molecular flexibility index (Phi) is 2.59. The molecule has 8 heavy (non-hydrogen) atoms. The van der Waals surface area contributed by atoms with Crippen molar-refractivity contribution in [3.63, 3.8) is 0 Å². The van der Waals surface area contributed by atoms with Crippen LogP contribution in [0.25, 0.3) is 0 Å². The first-order chi connectivity index (χ1) is 3.55. The molecule has 0 atom stereocenters. The summed E-state index contributed by atoms with van der Waals surface area (Å²) >= 11 is 0. The highest BCUT2D eigenvalue weighted by atomic mass is 15.0. The largest absolute Gasteiger partial charge is 0.367 e. The lowest BCUT2D eigenvalue weighted by atomic mass is 10.3. The number of rotatable bonds is 1. The second-order valence-electron chi connectivity index (χ2n) is 2.45. The van der Waals surface area contributed by atoms with Gasteiger partial charge in [0, 0.05) is 11.8 Å². The van der Waals surface area contributed by atoms with Crippen LogP contribution in [0.1, 0.15) is 27.7 Å². The minimum absolute atomic E-state index is 1.34. The van der Waals surface area contributed by atoms with Gasteiger partial charge in [-0.15, -0.1) is 0 Å². The standard InChI is InChI=1S/C7H15N/c1-6(2)8(5)7(3)4/h1-5H3. The van der Waals surface area contributed by atoms with Gasteiger partial charge in [0.25, 0.3) is 0 Å². The van der Waals surface area contributed by atoms with Crippen LogP contribution in [0.3, 0.4) is 0 Å². The Morgan fingerprint density at radius 1 is 1.25 bits per heavy atom. The Morgan fingerprint density at radius 2 is 1.62 bits per heavy atom. The molecule has 0 N–H and O–H groups in total. The van der Waals surface area contributed by atoms with E-state index in [1.807, 2.05) is 0 Å². The maximum atomic E-state index is 2.17. The van der Waals surface area contributed by atoms with Crippen molar-refractivity contribution in [1.29, 1.82) is 0 Å². The summed E-state index contributed by atoms with van der Waals surface area (Å²) in [4.78, 5) is 0. The van der Waals surface area contributed by atoms with Crippen LogP contribution in [0, 0.1) is 6.04 Å². The normalized spacial score (nSPS) is 8.62. The van der Waals surface area contributed by atoms with Crippen LogP contribution in [0.4, 0.5) is 0 Å². The van der Waals surface area contributed by atoms with Gasteiger partial charge >= 0.3 is 0 Å². The number of nitrogens with zero attached hydrogens (tertiary/aromatic N) is 1. The van der Waals surface area contributed by atoms with Crippen molar-refractivity contribution in [1.82, 2.24) is 0 Å². The molecule has 0 aromatic carbocycles. The molecule has 0 aromatic heterocycles. The van der Waals surface area contributed by atoms with E-state index >= 15 is 0 Å². The summed E-state index contributed by atoms with van der Waals surface area (Å²) in [5.74, 6) is 0. The van der Waals surface area contributed by atoms with Crippen molar-refractivity contribution in [3.05, 3.63) is 6.04 Å². The van der Waals surface area contributed by atoms with Crippen LogP contribution in [-0.4, -0.2) is 17.3 Å². The molecule has 0 fully saturated rings. The SMILES string of the molecule is CC(C)=[N+](C)[C-](C)C. The minimum Gasteiger partial charge on any atom is -0.367 e. The molecule has 0 aromatic rings. The average molecular weight is 113 g/mol. The van der Waals surface area contributed by atoms with E-state index in [2.05, 4.69) is 39.3 Å². The van der Waals surface area contributed by atoms with E-state index in [1.165, 1.54) is 11.8 Å². The summed E-state index contributed by atoms with van der Waals surface area (Å²) in [6.07, 6.45) is 0. The molecule has 0 aliphatic carbocycles. The van der Waals surface area contributed by atoms with Gasteiger partial charge < -0.3 is 4.58 Å². The highest BCUT2D eigenvalue weighted by Crippen LogP contribution is 1.94. The van der Waals surface area contributed by atoms with Gasteiger partial charge in [-0.3, -0.25) is 0 Å². The Balaban J connectivity index is 4.00. The quantitative estimate of drug-likeness (QED) is 0.276. The molecule has 1 nitrogen and oxygen atoms in total. The molecule has 0 unspecified atom stereocenters. The van der Waals surface area contributed by atoms with Crippen LogP contribution >= 0.6 is 0 Å². The smallest absolute Gasteiger partial charge is 0.105 e. The first-order valence-electron chi connectivity index (χ1n) is 2.89. The van der Waals surface area contributed by atoms with Crippen LogP contribution in [0.5, 0.6) is 0 Å². The molecule has 0 radical (unpaired) electrons. The second kappa shape index (κ2) is 2.75. The van der Waals surface area contributed by atoms with Crippen LogP contribution in [0.15, 0.2) is 0 Å². The Labute approximate surface area is 52.0 Å². The Morgan fingerprint density at radius 3 is 1.62 bits per heavy atom. The van der Waals surface area contributed by atoms with Crippen molar-refractivity contribution < 1.29 is 4.58 Å². The number of hydrogen-bond donors (Lipinski definition) is 0. The van der Waals surface area contributed by atoms with Gasteiger partial charge in [-0.2, -0.15) is 0 Å². The predicted octanol–water partition coefficient (Wildman–Crippen LogP) is 1.68. The minimum atomic E-state index is 1.34. The molecule has 0 saturated heterocycles. The average Bonchev–Trinajstić information content (AvgIpc) is 1.64. The molecular weight excluding hydrogens is 98.1 g/mol. The summed E-state index contributed by atoms with van der Waals surface area (Å²) in [7, 11) is 2.07. The van der Waals surface area contributed by atoms with E-state index in [1.54, 1.807) is 0 Å². The van der Waals surface area contributed by atoms with Gasteiger partial charge in [-0.25, -0.2) is 0 Å². The van der Waals surface area contributed by atoms with Crippen molar-refractivity contribution in [2.75, 3.05) is 7.05 Å². The van der Waals surface area contributed by atoms with E-state index in [9.17, 15) is 0 Å². The Bertz CT molecular complexity index is 97.0. The van der Waals surface area contributed by atoms with Crippen molar-refractivity contribution in [2.24, 2.45) is 0 Å². The van der Waals surface area contributed by atoms with Gasteiger partial charge in [0.1, 0.15) is 7.05 Å². The molecule has 0 rings (SSSR count). The molecule has 0 amide bonds. The molecule has 0 spiro atoms. The topological polar surface area (TPSA) is 3.01 Å². The molecule has 0 heterocycles. The van der Waals surface area contributed by atoms with E-state index in [4.69, 9.17) is 0 Å². The van der Waals surface area contributed by atoms with Gasteiger partial charge in [-0.05, 0) is 0 Å². The lowest BCUT2D eigenvalue weighted by Gasteiger charge is -2.11. The third kappa shape index (κ3) is 2.01. The fourth-order valence-electron chi connectivity index (χ4n) is 0.447. The van der Waals surface area contributed by atoms with E-state index < -0.39 is 0 Å². The zero-order valence-electron chi connectivity index (χ0n) is 6.45. The summed E-state index contributed by atoms with van der Waals surface area (Å²) in [5, 5.41) is 0. The lowest BCUT2D eigenvalue weighted by molar-refractivity contribution is -0.480. The zero-order chi connectivity index (χ0) is 6.73. The third-order valence-electron chi connectivity index (χ3n) is 1.34. The molecule has 0 bridgehead atoms. The molecular formula is C7H15N. The first kappa shape index (κ1) is 7.54. The molecule has 48 valence electrons. The summed E-state index contributed by atoms with van der Waals surface area (Å²) in [6.45, 7) is 8.42. The first-order valence-corrected chi connectivity index (χ1v) is 2.89. The fraction of sp³-hybridized carbons (Fsp3) is 0.714. The van der Waals surface area contributed by atoms with Gasteiger partial charge in [0.15, 0.2) is 0 Å². The highest BCUT2D eigenvalue weighted by Gasteiger charge is 1.91. The molecule has 0 aliphatic heterocycles. The third-order valence-corrected chi connectivity index (χ3v) is 1.34. The van der Waals surface area contributed by atoms with Crippen LogP contribution < -0.4 is 0 Å². The van der Waals surface area contributed by atoms with Crippen molar-refractivity contribution in [3.8, 4) is 0 Å². The second-order valence-corrected chi connectivity index (χ2v) is 2.45. The van der Waals surface area contributed by atoms with Gasteiger partial charge in [-0.1, -0.05) is 27.7 Å². The van der Waals surface area contributed by atoms with Gasteiger partial charge in [0.05, 0.1) is 0 Å². The maximum absolute atomic E-state index is 2.17.